The highest BCUT2D eigenvalue weighted by Crippen LogP contribution is 2.17. The van der Waals surface area contributed by atoms with Gasteiger partial charge in [0.1, 0.15) is 11.0 Å². The third-order valence-corrected chi connectivity index (χ3v) is 3.23. The zero-order valence-electron chi connectivity index (χ0n) is 12.9. The molecule has 0 radical (unpaired) electrons. The molecule has 118 valence electrons. The van der Waals surface area contributed by atoms with Gasteiger partial charge in [0.15, 0.2) is 0 Å². The van der Waals surface area contributed by atoms with Crippen molar-refractivity contribution in [2.45, 2.75) is 13.0 Å². The topological polar surface area (TPSA) is 63.7 Å². The number of nitrogens with one attached hydrogen (secondary N) is 1. The Balaban J connectivity index is 3.00. The average Bonchev–Trinajstić information content (AvgIpc) is 2.47. The molecule has 7 heteroatoms. The number of methoxy groups -OCH3 is 2. The summed E-state index contributed by atoms with van der Waals surface area (Å²) in [5, 5.41) is 3.16. The van der Waals surface area contributed by atoms with Crippen LogP contribution in [0.5, 0.6) is 0 Å². The number of carbonyl (C=O) groups excluding carboxylic acids is 1. The molecule has 1 atom stereocenters. The number of nitrogens with zero attached hydrogens (tertiary/aromatic N) is 2. The van der Waals surface area contributed by atoms with E-state index in [9.17, 15) is 4.79 Å². The molecule has 1 aromatic heterocycles. The summed E-state index contributed by atoms with van der Waals surface area (Å²) in [6.45, 7) is 3.32. The van der Waals surface area contributed by atoms with Crippen molar-refractivity contribution in [3.05, 3.63) is 22.8 Å². The second-order valence-electron chi connectivity index (χ2n) is 4.61. The molecule has 0 bridgehead atoms. The molecule has 1 amide bonds. The summed E-state index contributed by atoms with van der Waals surface area (Å²) in [5.41, 5.74) is 0.485. The van der Waals surface area contributed by atoms with E-state index in [4.69, 9.17) is 21.1 Å². The van der Waals surface area contributed by atoms with Crippen LogP contribution in [0.15, 0.2) is 12.1 Å². The summed E-state index contributed by atoms with van der Waals surface area (Å²) in [5.74, 6) is 0.425. The molecule has 1 aromatic rings. The Hall–Kier alpha value is -1.37. The van der Waals surface area contributed by atoms with Gasteiger partial charge in [-0.15, -0.1) is 0 Å². The maximum atomic E-state index is 12.7. The number of rotatable bonds is 8. The van der Waals surface area contributed by atoms with Gasteiger partial charge in [-0.1, -0.05) is 11.6 Å². The number of amides is 1. The van der Waals surface area contributed by atoms with Crippen LogP contribution < -0.4 is 5.32 Å². The van der Waals surface area contributed by atoms with Crippen LogP contribution >= 0.6 is 11.6 Å². The number of ether oxygens (including phenoxy) is 2. The Morgan fingerprint density at radius 2 is 2.14 bits per heavy atom. The first-order valence-electron chi connectivity index (χ1n) is 6.67. The third kappa shape index (κ3) is 5.15. The van der Waals surface area contributed by atoms with Crippen molar-refractivity contribution in [2.75, 3.05) is 46.3 Å². The molecule has 0 saturated carbocycles. The summed E-state index contributed by atoms with van der Waals surface area (Å²) >= 11 is 5.95. The quantitative estimate of drug-likeness (QED) is 0.742. The van der Waals surface area contributed by atoms with Crippen molar-refractivity contribution in [2.24, 2.45) is 0 Å². The van der Waals surface area contributed by atoms with Gasteiger partial charge < -0.3 is 19.7 Å². The van der Waals surface area contributed by atoms with Gasteiger partial charge >= 0.3 is 0 Å². The van der Waals surface area contributed by atoms with E-state index in [0.717, 1.165) is 0 Å². The standard InChI is InChI=1S/C14H22ClN3O3/c1-10(9-21-4)18(5-6-20-3)14(19)11-7-12(15)17-13(8-11)16-2/h7-8,10H,5-6,9H2,1-4H3,(H,16,17). The second-order valence-corrected chi connectivity index (χ2v) is 5.00. The molecule has 1 heterocycles. The van der Waals surface area contributed by atoms with Crippen LogP contribution in [0.4, 0.5) is 5.82 Å². The van der Waals surface area contributed by atoms with Crippen molar-refractivity contribution in [3.63, 3.8) is 0 Å². The maximum absolute atomic E-state index is 12.7. The lowest BCUT2D eigenvalue weighted by molar-refractivity contribution is 0.0479. The first kappa shape index (κ1) is 17.7. The summed E-state index contributed by atoms with van der Waals surface area (Å²) in [7, 11) is 4.94. The number of halogens is 1. The molecule has 0 aromatic carbocycles. The predicted molar refractivity (Wildman–Crippen MR) is 83.0 cm³/mol. The minimum atomic E-state index is -0.127. The van der Waals surface area contributed by atoms with Crippen molar-refractivity contribution in [1.82, 2.24) is 9.88 Å². The molecule has 0 saturated heterocycles. The lowest BCUT2D eigenvalue weighted by atomic mass is 10.2. The van der Waals surface area contributed by atoms with E-state index in [-0.39, 0.29) is 17.1 Å². The van der Waals surface area contributed by atoms with Gasteiger partial charge in [0, 0.05) is 33.4 Å². The van der Waals surface area contributed by atoms with Crippen LogP contribution in [-0.2, 0) is 9.47 Å². The maximum Gasteiger partial charge on any atom is 0.254 e. The molecular formula is C14H22ClN3O3. The fourth-order valence-corrected chi connectivity index (χ4v) is 2.17. The molecule has 0 spiro atoms. The monoisotopic (exact) mass is 315 g/mol. The van der Waals surface area contributed by atoms with Crippen LogP contribution in [-0.4, -0.2) is 62.9 Å². The van der Waals surface area contributed by atoms with Crippen molar-refractivity contribution in [1.29, 1.82) is 0 Å². The Labute approximate surface area is 130 Å². The fourth-order valence-electron chi connectivity index (χ4n) is 1.96. The van der Waals surface area contributed by atoms with Gasteiger partial charge in [0.2, 0.25) is 0 Å². The zero-order chi connectivity index (χ0) is 15.8. The summed E-state index contributed by atoms with van der Waals surface area (Å²) in [6.07, 6.45) is 0. The van der Waals surface area contributed by atoms with Crippen LogP contribution in [0, 0.1) is 0 Å². The number of carbonyl (C=O) groups is 1. The normalized spacial score (nSPS) is 12.0. The number of anilines is 1. The van der Waals surface area contributed by atoms with E-state index in [0.29, 0.717) is 31.1 Å². The second kappa shape index (κ2) is 8.81. The molecule has 0 aliphatic rings. The van der Waals surface area contributed by atoms with E-state index in [2.05, 4.69) is 10.3 Å². The number of hydrogen-bond acceptors (Lipinski definition) is 5. The van der Waals surface area contributed by atoms with Crippen LogP contribution in [0.3, 0.4) is 0 Å². The molecule has 21 heavy (non-hydrogen) atoms. The first-order valence-corrected chi connectivity index (χ1v) is 7.05. The van der Waals surface area contributed by atoms with Gasteiger partial charge in [-0.05, 0) is 19.1 Å². The highest BCUT2D eigenvalue weighted by molar-refractivity contribution is 6.29. The van der Waals surface area contributed by atoms with E-state index in [1.807, 2.05) is 6.92 Å². The Morgan fingerprint density at radius 1 is 1.43 bits per heavy atom. The molecular weight excluding hydrogens is 294 g/mol. The van der Waals surface area contributed by atoms with E-state index >= 15 is 0 Å². The van der Waals surface area contributed by atoms with Crippen molar-refractivity contribution in [3.8, 4) is 0 Å². The SMILES string of the molecule is CNc1cc(C(=O)N(CCOC)C(C)COC)cc(Cl)n1. The summed E-state index contributed by atoms with van der Waals surface area (Å²) in [4.78, 5) is 18.5. The van der Waals surface area contributed by atoms with Gasteiger partial charge in [-0.3, -0.25) is 4.79 Å². The molecule has 6 nitrogen and oxygen atoms in total. The van der Waals surface area contributed by atoms with E-state index in [1.54, 1.807) is 38.3 Å². The minimum Gasteiger partial charge on any atom is -0.383 e. The lowest BCUT2D eigenvalue weighted by Gasteiger charge is -2.28. The van der Waals surface area contributed by atoms with E-state index in [1.165, 1.54) is 0 Å². The zero-order valence-corrected chi connectivity index (χ0v) is 13.6. The number of hydrogen-bond donors (Lipinski definition) is 1. The molecule has 1 unspecified atom stereocenters. The number of aromatic nitrogens is 1. The van der Waals surface area contributed by atoms with Gasteiger partial charge in [0.25, 0.3) is 5.91 Å². The van der Waals surface area contributed by atoms with Gasteiger partial charge in [0.05, 0.1) is 19.3 Å². The molecule has 0 fully saturated rings. The Kier molecular flexibility index (Phi) is 7.42. The minimum absolute atomic E-state index is 0.0670. The molecule has 0 aliphatic carbocycles. The Morgan fingerprint density at radius 3 is 2.71 bits per heavy atom. The predicted octanol–water partition coefficient (Wildman–Crippen LogP) is 1.90. The largest absolute Gasteiger partial charge is 0.383 e. The smallest absolute Gasteiger partial charge is 0.254 e. The highest BCUT2D eigenvalue weighted by Gasteiger charge is 2.22. The van der Waals surface area contributed by atoms with Gasteiger partial charge in [-0.25, -0.2) is 4.98 Å². The number of pyridine rings is 1. The fraction of sp³-hybridized carbons (Fsp3) is 0.571. The van der Waals surface area contributed by atoms with E-state index < -0.39 is 0 Å². The lowest BCUT2D eigenvalue weighted by Crippen LogP contribution is -2.43. The van der Waals surface area contributed by atoms with Crippen LogP contribution in [0.25, 0.3) is 0 Å². The first-order chi connectivity index (χ1) is 10.0. The van der Waals surface area contributed by atoms with Crippen molar-refractivity contribution >= 4 is 23.3 Å². The summed E-state index contributed by atoms with van der Waals surface area (Å²) in [6, 6.07) is 3.17. The van der Waals surface area contributed by atoms with Crippen molar-refractivity contribution < 1.29 is 14.3 Å². The van der Waals surface area contributed by atoms with Gasteiger partial charge in [-0.2, -0.15) is 0 Å². The van der Waals surface area contributed by atoms with Crippen LogP contribution in [0.1, 0.15) is 17.3 Å². The highest BCUT2D eigenvalue weighted by atomic mass is 35.5. The average molecular weight is 316 g/mol. The molecule has 1 rings (SSSR count). The third-order valence-electron chi connectivity index (χ3n) is 3.03. The summed E-state index contributed by atoms with van der Waals surface area (Å²) < 4.78 is 10.2. The van der Waals surface area contributed by atoms with Crippen LogP contribution in [0.2, 0.25) is 5.15 Å². The molecule has 1 N–H and O–H groups in total. The Bertz CT molecular complexity index is 471. The molecule has 0 aliphatic heterocycles.